The monoisotopic (exact) mass is 906 g/mol. The summed E-state index contributed by atoms with van der Waals surface area (Å²) < 4.78 is 21.1. The summed E-state index contributed by atoms with van der Waals surface area (Å²) in [5, 5.41) is 24.9. The Hall–Kier alpha value is -2.43. The molecule has 0 radical (unpaired) electrons. The average Bonchev–Trinajstić information content (AvgIpc) is 3.28. The van der Waals surface area contributed by atoms with E-state index < -0.39 is 11.4 Å². The third-order valence-electron chi connectivity index (χ3n) is 13.2. The van der Waals surface area contributed by atoms with Crippen molar-refractivity contribution >= 4 is 29.2 Å². The Bertz CT molecular complexity index is 1690. The first kappa shape index (κ1) is 51.6. The molecule has 2 aromatic carbocycles. The third-order valence-corrected chi connectivity index (χ3v) is 15.3. The number of ether oxygens (including phenoxy) is 3. The minimum atomic E-state index is -0.958. The first-order valence-electron chi connectivity index (χ1n) is 24.9. The molecule has 1 saturated carbocycles. The van der Waals surface area contributed by atoms with Crippen molar-refractivity contribution in [1.82, 2.24) is 0 Å². The predicted octanol–water partition coefficient (Wildman–Crippen LogP) is 14.8. The van der Waals surface area contributed by atoms with Crippen LogP contribution in [0.25, 0.3) is 0 Å². The van der Waals surface area contributed by atoms with Gasteiger partial charge in [0, 0.05) is 36.0 Å². The van der Waals surface area contributed by atoms with Gasteiger partial charge in [-0.2, -0.15) is 11.8 Å². The third kappa shape index (κ3) is 15.3. The number of allylic oxidation sites excluding steroid dienone is 1. The van der Waals surface area contributed by atoms with Gasteiger partial charge in [-0.15, -0.1) is 18.3 Å². The van der Waals surface area contributed by atoms with Crippen molar-refractivity contribution in [2.45, 2.75) is 190 Å². The lowest BCUT2D eigenvalue weighted by Crippen LogP contribution is -2.64. The van der Waals surface area contributed by atoms with Crippen LogP contribution in [0, 0.1) is 17.8 Å². The van der Waals surface area contributed by atoms with Crippen molar-refractivity contribution in [2.24, 2.45) is 22.9 Å². The van der Waals surface area contributed by atoms with E-state index in [9.17, 15) is 10.2 Å². The number of nitrogens with zero attached hydrogens (tertiary/aromatic N) is 1. The summed E-state index contributed by atoms with van der Waals surface area (Å²) >= 11 is 3.70. The van der Waals surface area contributed by atoms with Crippen LogP contribution in [0.5, 0.6) is 17.2 Å². The van der Waals surface area contributed by atoms with Crippen LogP contribution in [0.2, 0.25) is 0 Å². The standard InChI is InChI=1S/C54H83NO6S2/c1-7-9-10-11-12-13-14-15-16-17-18-19-20-25-37-63-50-40-48(55-61-53(3,4)5)46-38-41(26-21-23-34-56)45(27-22-24-35-57)51-47-39-43(59-42-28-31-44(62-6)32-29-42)30-33-49(47)60-54(50,52(46)51)58-36-8-2/h8,28-33,38-39,41,45,50-52,56-57H,2,7,9-27,34-37,40H2,1,3-6H3. The van der Waals surface area contributed by atoms with E-state index in [1.54, 1.807) is 11.8 Å². The average molecular weight is 906 g/mol. The lowest BCUT2D eigenvalue weighted by Gasteiger charge is -2.58. The molecule has 2 aliphatic carbocycles. The van der Waals surface area contributed by atoms with Crippen LogP contribution < -0.4 is 9.47 Å². The fraction of sp³-hybridized carbons (Fsp3) is 0.685. The molecule has 2 N–H and O–H groups in total. The van der Waals surface area contributed by atoms with E-state index in [1.807, 2.05) is 36.0 Å². The van der Waals surface area contributed by atoms with Crippen LogP contribution in [-0.4, -0.2) is 64.4 Å². The maximum absolute atomic E-state index is 9.99. The normalized spacial score (nSPS) is 23.4. The lowest BCUT2D eigenvalue weighted by molar-refractivity contribution is -0.223. The van der Waals surface area contributed by atoms with E-state index in [0.29, 0.717) is 13.0 Å². The van der Waals surface area contributed by atoms with Crippen LogP contribution in [0.1, 0.15) is 174 Å². The molecule has 0 amide bonds. The maximum Gasteiger partial charge on any atom is 0.230 e. The molecule has 9 heteroatoms. The molecule has 0 saturated heterocycles. The van der Waals surface area contributed by atoms with E-state index in [0.717, 1.165) is 79.2 Å². The molecule has 1 heterocycles. The van der Waals surface area contributed by atoms with Crippen LogP contribution in [0.4, 0.5) is 0 Å². The second-order valence-electron chi connectivity index (χ2n) is 19.2. The zero-order valence-corrected chi connectivity index (χ0v) is 41.4. The second kappa shape index (κ2) is 27.3. The number of benzene rings is 2. The summed E-state index contributed by atoms with van der Waals surface area (Å²) in [7, 11) is 0. The number of rotatable bonds is 31. The molecule has 3 aliphatic rings. The summed E-state index contributed by atoms with van der Waals surface area (Å²) in [6.45, 7) is 13.3. The quantitative estimate of drug-likeness (QED) is 0.0335. The molecule has 1 fully saturated rings. The van der Waals surface area contributed by atoms with Crippen molar-refractivity contribution in [3.05, 3.63) is 72.3 Å². The first-order chi connectivity index (χ1) is 30.7. The zero-order valence-electron chi connectivity index (χ0n) is 39.8. The number of fused-ring (bicyclic) bond motifs is 2. The molecule has 63 heavy (non-hydrogen) atoms. The maximum atomic E-state index is 9.99. The Kier molecular flexibility index (Phi) is 22.3. The van der Waals surface area contributed by atoms with Crippen LogP contribution >= 0.6 is 23.5 Å². The van der Waals surface area contributed by atoms with Crippen LogP contribution in [0.15, 0.2) is 76.8 Å². The summed E-state index contributed by atoms with van der Waals surface area (Å²) in [6, 6.07) is 14.6. The molecule has 6 unspecified atom stereocenters. The Labute approximate surface area is 391 Å². The Morgan fingerprint density at radius 2 is 1.43 bits per heavy atom. The molecular formula is C54H83NO6S2. The van der Waals surface area contributed by atoms with Gasteiger partial charge in [-0.05, 0) is 125 Å². The van der Waals surface area contributed by atoms with Gasteiger partial charge >= 0.3 is 0 Å². The summed E-state index contributed by atoms with van der Waals surface area (Å²) in [6.07, 6.45) is 31.2. The van der Waals surface area contributed by atoms with Gasteiger partial charge in [0.15, 0.2) is 0 Å². The van der Waals surface area contributed by atoms with Crippen LogP contribution in [-0.2, 0) is 9.57 Å². The highest BCUT2D eigenvalue weighted by Crippen LogP contribution is 2.63. The number of aliphatic hydroxyl groups excluding tert-OH is 2. The summed E-state index contributed by atoms with van der Waals surface area (Å²) in [5.41, 5.74) is 2.84. The number of oxime groups is 1. The lowest BCUT2D eigenvalue weighted by atomic mass is 9.56. The van der Waals surface area contributed by atoms with Gasteiger partial charge in [0.1, 0.15) is 22.8 Å². The topological polar surface area (TPSA) is 89.7 Å². The molecule has 0 bridgehead atoms. The Morgan fingerprint density at radius 1 is 0.810 bits per heavy atom. The highest BCUT2D eigenvalue weighted by molar-refractivity contribution is 8.00. The molecule has 0 aromatic heterocycles. The largest absolute Gasteiger partial charge is 0.460 e. The van der Waals surface area contributed by atoms with Gasteiger partial charge < -0.3 is 29.3 Å². The highest BCUT2D eigenvalue weighted by atomic mass is 32.2. The van der Waals surface area contributed by atoms with Gasteiger partial charge in [-0.3, -0.25) is 0 Å². The number of aliphatic hydroxyl groups is 2. The highest BCUT2D eigenvalue weighted by Gasteiger charge is 2.64. The fourth-order valence-electron chi connectivity index (χ4n) is 10.0. The van der Waals surface area contributed by atoms with Gasteiger partial charge in [0.2, 0.25) is 5.79 Å². The SMILES string of the molecule is C=CCOC12Oc3ccc(Oc4ccc(SC)cc4)cc3C3C(CCCCO)C(CCCCO)C=C(C(=NOC(C)(C)C)CC1SCCCCCCCCCCCCCCCC)C32. The molecule has 6 atom stereocenters. The summed E-state index contributed by atoms with van der Waals surface area (Å²) in [4.78, 5) is 7.50. The smallest absolute Gasteiger partial charge is 0.230 e. The van der Waals surface area contributed by atoms with E-state index in [-0.39, 0.29) is 42.1 Å². The van der Waals surface area contributed by atoms with Gasteiger partial charge in [-0.25, -0.2) is 0 Å². The minimum Gasteiger partial charge on any atom is -0.460 e. The fourth-order valence-corrected chi connectivity index (χ4v) is 11.9. The zero-order chi connectivity index (χ0) is 44.9. The minimum absolute atomic E-state index is 0.0306. The molecule has 7 nitrogen and oxygen atoms in total. The number of thioether (sulfide) groups is 2. The predicted molar refractivity (Wildman–Crippen MR) is 267 cm³/mol. The van der Waals surface area contributed by atoms with Crippen molar-refractivity contribution in [3.8, 4) is 17.2 Å². The van der Waals surface area contributed by atoms with Gasteiger partial charge in [0.05, 0.1) is 23.5 Å². The first-order valence-corrected chi connectivity index (χ1v) is 27.2. The Morgan fingerprint density at radius 3 is 2.03 bits per heavy atom. The van der Waals surface area contributed by atoms with E-state index >= 15 is 0 Å². The molecular weight excluding hydrogens is 823 g/mol. The van der Waals surface area contributed by atoms with Crippen molar-refractivity contribution in [3.63, 3.8) is 0 Å². The van der Waals surface area contributed by atoms with Crippen molar-refractivity contribution in [1.29, 1.82) is 0 Å². The molecule has 1 aliphatic heterocycles. The number of hydrogen-bond donors (Lipinski definition) is 2. The second-order valence-corrected chi connectivity index (χ2v) is 21.4. The number of hydrogen-bond acceptors (Lipinski definition) is 9. The van der Waals surface area contributed by atoms with Crippen LogP contribution in [0.3, 0.4) is 0 Å². The van der Waals surface area contributed by atoms with Gasteiger partial charge in [-0.1, -0.05) is 121 Å². The van der Waals surface area contributed by atoms with E-state index in [2.05, 4.69) is 70.9 Å². The van der Waals surface area contributed by atoms with E-state index in [1.165, 1.54) is 93.9 Å². The molecule has 5 rings (SSSR count). The van der Waals surface area contributed by atoms with Crippen molar-refractivity contribution < 1.29 is 29.3 Å². The molecule has 0 spiro atoms. The Balaban J connectivity index is 1.44. The van der Waals surface area contributed by atoms with Gasteiger partial charge in [0.25, 0.3) is 0 Å². The van der Waals surface area contributed by atoms with E-state index in [4.69, 9.17) is 24.2 Å². The molecule has 352 valence electrons. The number of unbranched alkanes of at least 4 members (excludes halogenated alkanes) is 15. The summed E-state index contributed by atoms with van der Waals surface area (Å²) in [5.74, 6) is 2.84. The molecule has 2 aromatic rings. The van der Waals surface area contributed by atoms with Crippen molar-refractivity contribution in [2.75, 3.05) is 31.8 Å².